The Morgan fingerprint density at radius 1 is 1.16 bits per heavy atom. The zero-order valence-corrected chi connectivity index (χ0v) is 14.3. The highest BCUT2D eigenvalue weighted by Crippen LogP contribution is 2.34. The van der Waals surface area contributed by atoms with Crippen LogP contribution in [0.3, 0.4) is 0 Å². The van der Waals surface area contributed by atoms with Gasteiger partial charge in [-0.3, -0.25) is 9.59 Å². The Kier molecular flexibility index (Phi) is 5.09. The van der Waals surface area contributed by atoms with Gasteiger partial charge in [-0.05, 0) is 42.8 Å². The Morgan fingerprint density at radius 2 is 1.96 bits per heavy atom. The molecular weight excluding hydrogens is 344 g/mol. The minimum atomic E-state index is -0.353. The second-order valence-corrected chi connectivity index (χ2v) is 6.03. The maximum Gasteiger partial charge on any atom is 0.251 e. The Morgan fingerprint density at radius 3 is 2.76 bits per heavy atom. The molecule has 1 heterocycles. The molecule has 1 aliphatic heterocycles. The number of amides is 2. The smallest absolute Gasteiger partial charge is 0.251 e. The van der Waals surface area contributed by atoms with Gasteiger partial charge >= 0.3 is 0 Å². The summed E-state index contributed by atoms with van der Waals surface area (Å²) < 4.78 is 10.6. The van der Waals surface area contributed by atoms with E-state index >= 15 is 0 Å². The van der Waals surface area contributed by atoms with Crippen molar-refractivity contribution in [1.29, 1.82) is 0 Å². The van der Waals surface area contributed by atoms with E-state index in [2.05, 4.69) is 10.6 Å². The molecule has 2 N–H and O–H groups in total. The molecule has 0 bridgehead atoms. The van der Waals surface area contributed by atoms with Gasteiger partial charge in [-0.25, -0.2) is 0 Å². The summed E-state index contributed by atoms with van der Waals surface area (Å²) >= 11 is 5.85. The normalized spacial score (nSPS) is 13.2. The number of carbonyl (C=O) groups excluding carboxylic acids is 2. The van der Waals surface area contributed by atoms with Gasteiger partial charge in [0.25, 0.3) is 5.91 Å². The first-order chi connectivity index (χ1) is 12.0. The van der Waals surface area contributed by atoms with Gasteiger partial charge in [-0.15, -0.1) is 0 Å². The minimum absolute atomic E-state index is 0.125. The molecule has 2 amide bonds. The highest BCUT2D eigenvalue weighted by Gasteiger charge is 2.17. The van der Waals surface area contributed by atoms with Crippen molar-refractivity contribution >= 4 is 23.4 Å². The molecule has 0 saturated carbocycles. The van der Waals surface area contributed by atoms with Gasteiger partial charge in [-0.1, -0.05) is 23.7 Å². The van der Waals surface area contributed by atoms with Crippen LogP contribution in [0.5, 0.6) is 11.5 Å². The predicted molar refractivity (Wildman–Crippen MR) is 92.9 cm³/mol. The van der Waals surface area contributed by atoms with Crippen molar-refractivity contribution in [2.24, 2.45) is 0 Å². The topological polar surface area (TPSA) is 76.7 Å². The summed E-state index contributed by atoms with van der Waals surface area (Å²) in [6, 6.07) is 11.8. The Bertz CT molecular complexity index is 809. The van der Waals surface area contributed by atoms with Crippen LogP contribution in [0.25, 0.3) is 0 Å². The second kappa shape index (κ2) is 7.44. The van der Waals surface area contributed by atoms with Gasteiger partial charge in [-0.2, -0.15) is 0 Å². The Hall–Kier alpha value is -2.73. The van der Waals surface area contributed by atoms with Crippen LogP contribution in [0.4, 0.5) is 0 Å². The van der Waals surface area contributed by atoms with Gasteiger partial charge in [0.2, 0.25) is 12.7 Å². The number of halogens is 1. The minimum Gasteiger partial charge on any atom is -0.454 e. The van der Waals surface area contributed by atoms with Crippen molar-refractivity contribution in [2.45, 2.75) is 13.0 Å². The maximum absolute atomic E-state index is 12.1. The zero-order valence-electron chi connectivity index (χ0n) is 13.5. The number of hydrogen-bond donors (Lipinski definition) is 2. The molecule has 7 heteroatoms. The number of benzene rings is 2. The number of rotatable bonds is 5. The van der Waals surface area contributed by atoms with E-state index in [1.807, 2.05) is 19.1 Å². The molecule has 0 aliphatic carbocycles. The fourth-order valence-corrected chi connectivity index (χ4v) is 2.64. The Balaban J connectivity index is 1.53. The number of nitrogens with one attached hydrogen (secondary N) is 2. The highest BCUT2D eigenvalue weighted by atomic mass is 35.5. The molecule has 1 atom stereocenters. The summed E-state index contributed by atoms with van der Waals surface area (Å²) in [5, 5.41) is 5.87. The number of hydrogen-bond acceptors (Lipinski definition) is 4. The molecule has 6 nitrogen and oxygen atoms in total. The fourth-order valence-electron chi connectivity index (χ4n) is 2.45. The van der Waals surface area contributed by atoms with Crippen LogP contribution in [0.2, 0.25) is 5.02 Å². The number of fused-ring (bicyclic) bond motifs is 1. The zero-order chi connectivity index (χ0) is 17.8. The summed E-state index contributed by atoms with van der Waals surface area (Å²) in [6.45, 7) is 1.93. The van der Waals surface area contributed by atoms with Crippen LogP contribution in [0, 0.1) is 0 Å². The van der Waals surface area contributed by atoms with Gasteiger partial charge in [0.05, 0.1) is 12.6 Å². The molecule has 1 aliphatic rings. The quantitative estimate of drug-likeness (QED) is 0.859. The first-order valence-corrected chi connectivity index (χ1v) is 8.13. The van der Waals surface area contributed by atoms with Crippen LogP contribution >= 0.6 is 11.6 Å². The van der Waals surface area contributed by atoms with E-state index in [4.69, 9.17) is 21.1 Å². The van der Waals surface area contributed by atoms with E-state index in [1.165, 1.54) is 0 Å². The molecule has 0 radical (unpaired) electrons. The summed E-state index contributed by atoms with van der Waals surface area (Å²) in [5.74, 6) is 0.706. The SMILES string of the molecule is C[C@H](NC(=O)CNC(=O)c1cccc(Cl)c1)c1ccc2c(c1)OCO2. The van der Waals surface area contributed by atoms with Crippen LogP contribution in [-0.2, 0) is 4.79 Å². The molecule has 25 heavy (non-hydrogen) atoms. The van der Waals surface area contributed by atoms with E-state index in [9.17, 15) is 9.59 Å². The standard InChI is InChI=1S/C18H17ClN2O4/c1-11(12-5-6-15-16(8-12)25-10-24-15)21-17(22)9-20-18(23)13-3-2-4-14(19)7-13/h2-8,11H,9-10H2,1H3,(H,20,23)(H,21,22)/t11-/m0/s1. The molecule has 130 valence electrons. The number of carbonyl (C=O) groups is 2. The van der Waals surface area contributed by atoms with Gasteiger partial charge in [0, 0.05) is 10.6 Å². The molecule has 0 fully saturated rings. The molecule has 0 aromatic heterocycles. The average molecular weight is 361 g/mol. The van der Waals surface area contributed by atoms with Crippen LogP contribution in [0.15, 0.2) is 42.5 Å². The monoisotopic (exact) mass is 360 g/mol. The lowest BCUT2D eigenvalue weighted by atomic mass is 10.1. The summed E-state index contributed by atoms with van der Waals surface area (Å²) in [6.07, 6.45) is 0. The third kappa shape index (κ3) is 4.22. The van der Waals surface area contributed by atoms with Crippen molar-refractivity contribution in [3.8, 4) is 11.5 Å². The van der Waals surface area contributed by atoms with Crippen molar-refractivity contribution < 1.29 is 19.1 Å². The van der Waals surface area contributed by atoms with Gasteiger partial charge in [0.15, 0.2) is 11.5 Å². The maximum atomic E-state index is 12.1. The van der Waals surface area contributed by atoms with E-state index in [0.29, 0.717) is 22.1 Å². The highest BCUT2D eigenvalue weighted by molar-refractivity contribution is 6.30. The molecular formula is C18H17ClN2O4. The number of ether oxygens (including phenoxy) is 2. The molecule has 2 aromatic carbocycles. The van der Waals surface area contributed by atoms with E-state index < -0.39 is 0 Å². The first kappa shape index (κ1) is 17.1. The van der Waals surface area contributed by atoms with Crippen molar-refractivity contribution in [1.82, 2.24) is 10.6 Å². The lowest BCUT2D eigenvalue weighted by Gasteiger charge is -2.15. The van der Waals surface area contributed by atoms with Crippen molar-refractivity contribution in [2.75, 3.05) is 13.3 Å². The van der Waals surface area contributed by atoms with E-state index in [1.54, 1.807) is 30.3 Å². The third-order valence-corrected chi connectivity index (χ3v) is 4.01. The molecule has 0 spiro atoms. The van der Waals surface area contributed by atoms with Crippen LogP contribution in [0.1, 0.15) is 28.9 Å². The lowest BCUT2D eigenvalue weighted by molar-refractivity contribution is -0.120. The first-order valence-electron chi connectivity index (χ1n) is 7.75. The third-order valence-electron chi connectivity index (χ3n) is 3.77. The molecule has 0 unspecified atom stereocenters. The summed E-state index contributed by atoms with van der Waals surface area (Å²) in [7, 11) is 0. The van der Waals surface area contributed by atoms with E-state index in [-0.39, 0.29) is 31.2 Å². The van der Waals surface area contributed by atoms with Crippen molar-refractivity contribution in [3.63, 3.8) is 0 Å². The predicted octanol–water partition coefficient (Wildman–Crippen LogP) is 2.68. The second-order valence-electron chi connectivity index (χ2n) is 5.59. The van der Waals surface area contributed by atoms with Crippen LogP contribution < -0.4 is 20.1 Å². The lowest BCUT2D eigenvalue weighted by Crippen LogP contribution is -2.38. The fraction of sp³-hybridized carbons (Fsp3) is 0.222. The molecule has 3 rings (SSSR count). The Labute approximate surface area is 150 Å². The van der Waals surface area contributed by atoms with Crippen molar-refractivity contribution in [3.05, 3.63) is 58.6 Å². The average Bonchev–Trinajstić information content (AvgIpc) is 3.07. The summed E-state index contributed by atoms with van der Waals surface area (Å²) in [4.78, 5) is 24.1. The van der Waals surface area contributed by atoms with Crippen LogP contribution in [-0.4, -0.2) is 25.2 Å². The molecule has 2 aromatic rings. The van der Waals surface area contributed by atoms with Gasteiger partial charge in [0.1, 0.15) is 0 Å². The molecule has 0 saturated heterocycles. The van der Waals surface area contributed by atoms with E-state index in [0.717, 1.165) is 5.56 Å². The summed E-state index contributed by atoms with van der Waals surface area (Å²) in [5.41, 5.74) is 1.29. The van der Waals surface area contributed by atoms with Gasteiger partial charge < -0.3 is 20.1 Å². The largest absolute Gasteiger partial charge is 0.454 e.